The molecule has 0 bridgehead atoms. The smallest absolute Gasteiger partial charge is 0.266 e. The number of nitrogens with zero attached hydrogens (tertiary/aromatic N) is 1. The first-order valence-corrected chi connectivity index (χ1v) is 3.89. The van der Waals surface area contributed by atoms with Crippen LogP contribution >= 0.6 is 0 Å². The lowest BCUT2D eigenvalue weighted by atomic mass is 10.3. The lowest BCUT2D eigenvalue weighted by Gasteiger charge is -2.00. The Balaban J connectivity index is 2.46. The molecular formula is C9H8F2N2O. The fourth-order valence-corrected chi connectivity index (χ4v) is 0.819. The minimum atomic E-state index is -1.86. The zero-order valence-electron chi connectivity index (χ0n) is 7.21. The number of hydrogen-bond acceptors (Lipinski definition) is 2. The molecule has 1 aromatic rings. The van der Waals surface area contributed by atoms with E-state index in [9.17, 15) is 13.6 Å². The van der Waals surface area contributed by atoms with Gasteiger partial charge >= 0.3 is 0 Å². The second-order valence-corrected chi connectivity index (χ2v) is 2.49. The van der Waals surface area contributed by atoms with E-state index in [4.69, 9.17) is 0 Å². The molecule has 1 heterocycles. The summed E-state index contributed by atoms with van der Waals surface area (Å²) in [5.74, 6) is -0.495. The highest BCUT2D eigenvalue weighted by atomic mass is 19.3. The summed E-state index contributed by atoms with van der Waals surface area (Å²) in [5, 5.41) is 2.42. The average molecular weight is 198 g/mol. The van der Waals surface area contributed by atoms with Crippen LogP contribution in [-0.4, -0.2) is 10.9 Å². The fraction of sp³-hybridized carbons (Fsp3) is 0.111. The number of carbonyl (C=O) groups excluding carboxylic acids is 1. The first-order chi connectivity index (χ1) is 6.68. The van der Waals surface area contributed by atoms with Crippen LogP contribution in [0.15, 0.2) is 36.7 Å². The molecule has 0 fully saturated rings. The quantitative estimate of drug-likeness (QED) is 0.808. The van der Waals surface area contributed by atoms with Crippen molar-refractivity contribution in [3.63, 3.8) is 0 Å². The summed E-state index contributed by atoms with van der Waals surface area (Å²) in [6.07, 6.45) is 1.36. The highest BCUT2D eigenvalue weighted by Gasteiger charge is 2.00. The van der Waals surface area contributed by atoms with E-state index >= 15 is 0 Å². The molecule has 0 aromatic carbocycles. The van der Waals surface area contributed by atoms with Crippen molar-refractivity contribution < 1.29 is 13.6 Å². The van der Waals surface area contributed by atoms with Crippen molar-refractivity contribution in [3.8, 4) is 0 Å². The topological polar surface area (TPSA) is 42.0 Å². The molecule has 0 aliphatic heterocycles. The van der Waals surface area contributed by atoms with Crippen molar-refractivity contribution in [2.24, 2.45) is 0 Å². The van der Waals surface area contributed by atoms with Gasteiger partial charge in [-0.1, -0.05) is 0 Å². The highest BCUT2D eigenvalue weighted by Crippen LogP contribution is 2.04. The van der Waals surface area contributed by atoms with E-state index in [2.05, 4.69) is 10.3 Å². The zero-order chi connectivity index (χ0) is 10.4. The number of amides is 1. The van der Waals surface area contributed by atoms with Crippen LogP contribution in [0.3, 0.4) is 0 Å². The van der Waals surface area contributed by atoms with Gasteiger partial charge in [0.1, 0.15) is 0 Å². The highest BCUT2D eigenvalue weighted by molar-refractivity contribution is 5.91. The summed E-state index contributed by atoms with van der Waals surface area (Å²) in [6.45, 7) is 0. The fourth-order valence-electron chi connectivity index (χ4n) is 0.819. The predicted molar refractivity (Wildman–Crippen MR) is 47.8 cm³/mol. The first-order valence-electron chi connectivity index (χ1n) is 3.89. The van der Waals surface area contributed by atoms with Crippen molar-refractivity contribution in [1.29, 1.82) is 0 Å². The van der Waals surface area contributed by atoms with Gasteiger partial charge in [-0.2, -0.15) is 8.78 Å². The number of anilines is 1. The summed E-state index contributed by atoms with van der Waals surface area (Å²) in [5.41, 5.74) is 0.491. The van der Waals surface area contributed by atoms with E-state index in [1.165, 1.54) is 6.20 Å². The van der Waals surface area contributed by atoms with Crippen LogP contribution in [0.25, 0.3) is 0 Å². The lowest BCUT2D eigenvalue weighted by molar-refractivity contribution is -0.115. The Morgan fingerprint density at radius 1 is 1.57 bits per heavy atom. The molecule has 74 valence electrons. The van der Waals surface area contributed by atoms with E-state index < -0.39 is 12.0 Å². The predicted octanol–water partition coefficient (Wildman–Crippen LogP) is 2.19. The molecule has 1 N–H and O–H groups in total. The van der Waals surface area contributed by atoms with Crippen LogP contribution < -0.4 is 5.32 Å². The van der Waals surface area contributed by atoms with Gasteiger partial charge in [0.15, 0.2) is 0 Å². The van der Waals surface area contributed by atoms with E-state index in [0.29, 0.717) is 11.8 Å². The average Bonchev–Trinajstić information content (AvgIpc) is 2.16. The first kappa shape index (κ1) is 10.3. The molecule has 1 aromatic heterocycles. The molecule has 5 heteroatoms. The molecule has 0 aliphatic carbocycles. The molecule has 3 nitrogen and oxygen atoms in total. The number of carbonyl (C=O) groups is 1. The number of halogens is 2. The van der Waals surface area contributed by atoms with Gasteiger partial charge in [-0.15, -0.1) is 0 Å². The number of pyridine rings is 1. The maximum atomic E-state index is 11.6. The van der Waals surface area contributed by atoms with Gasteiger partial charge in [0, 0.05) is 6.20 Å². The van der Waals surface area contributed by atoms with Gasteiger partial charge in [-0.3, -0.25) is 9.78 Å². The van der Waals surface area contributed by atoms with Gasteiger partial charge in [0.2, 0.25) is 5.91 Å². The maximum absolute atomic E-state index is 11.6. The Kier molecular flexibility index (Phi) is 3.72. The summed E-state index contributed by atoms with van der Waals surface area (Å²) >= 11 is 0. The molecule has 0 saturated heterocycles. The molecule has 1 rings (SSSR count). The van der Waals surface area contributed by atoms with Crippen LogP contribution in [0, 0.1) is 0 Å². The standard InChI is InChI=1S/C9H8F2N2O/c10-8(11)3-4-9(14)13-7-2-1-5-12-6-7/h1-3,5-6H,4H2,(H,13,14). The van der Waals surface area contributed by atoms with E-state index in [1.807, 2.05) is 0 Å². The summed E-state index contributed by atoms with van der Waals surface area (Å²) in [6, 6.07) is 3.27. The normalized spacial score (nSPS) is 9.29. The third-order valence-corrected chi connectivity index (χ3v) is 1.39. The summed E-state index contributed by atoms with van der Waals surface area (Å²) in [7, 11) is 0. The summed E-state index contributed by atoms with van der Waals surface area (Å²) in [4.78, 5) is 14.8. The van der Waals surface area contributed by atoms with Crippen LogP contribution in [0.2, 0.25) is 0 Å². The molecule has 0 spiro atoms. The molecule has 0 atom stereocenters. The summed E-state index contributed by atoms with van der Waals surface area (Å²) < 4.78 is 23.2. The Hall–Kier alpha value is -1.78. The Morgan fingerprint density at radius 3 is 2.93 bits per heavy atom. The van der Waals surface area contributed by atoms with Crippen molar-refractivity contribution in [2.75, 3.05) is 5.32 Å². The molecule has 1 amide bonds. The van der Waals surface area contributed by atoms with E-state index in [-0.39, 0.29) is 6.42 Å². The number of hydrogen-bond donors (Lipinski definition) is 1. The SMILES string of the molecule is O=C(CC=C(F)F)Nc1cccnc1. The number of nitrogens with one attached hydrogen (secondary N) is 1. The molecule has 14 heavy (non-hydrogen) atoms. The third-order valence-electron chi connectivity index (χ3n) is 1.39. The van der Waals surface area contributed by atoms with Crippen molar-refractivity contribution in [3.05, 3.63) is 36.7 Å². The van der Waals surface area contributed by atoms with Crippen molar-refractivity contribution in [1.82, 2.24) is 4.98 Å². The Morgan fingerprint density at radius 2 is 2.36 bits per heavy atom. The van der Waals surface area contributed by atoms with Crippen LogP contribution in [-0.2, 0) is 4.79 Å². The zero-order valence-corrected chi connectivity index (χ0v) is 7.21. The van der Waals surface area contributed by atoms with Crippen molar-refractivity contribution >= 4 is 11.6 Å². The maximum Gasteiger partial charge on any atom is 0.266 e. The van der Waals surface area contributed by atoms with Crippen LogP contribution in [0.1, 0.15) is 6.42 Å². The van der Waals surface area contributed by atoms with Crippen molar-refractivity contribution in [2.45, 2.75) is 6.42 Å². The number of rotatable bonds is 3. The largest absolute Gasteiger partial charge is 0.324 e. The third kappa shape index (κ3) is 3.75. The molecular weight excluding hydrogens is 190 g/mol. The van der Waals surface area contributed by atoms with E-state index in [0.717, 1.165) is 0 Å². The Bertz CT molecular complexity index is 334. The second kappa shape index (κ2) is 5.06. The van der Waals surface area contributed by atoms with Gasteiger partial charge < -0.3 is 5.32 Å². The van der Waals surface area contributed by atoms with Crippen LogP contribution in [0.4, 0.5) is 14.5 Å². The van der Waals surface area contributed by atoms with Gasteiger partial charge in [-0.05, 0) is 18.2 Å². The monoisotopic (exact) mass is 198 g/mol. The minimum absolute atomic E-state index is 0.336. The minimum Gasteiger partial charge on any atom is -0.324 e. The molecule has 0 aliphatic rings. The Labute approximate surface area is 79.5 Å². The van der Waals surface area contributed by atoms with Gasteiger partial charge in [0.25, 0.3) is 6.08 Å². The van der Waals surface area contributed by atoms with E-state index in [1.54, 1.807) is 18.3 Å². The lowest BCUT2D eigenvalue weighted by Crippen LogP contribution is -2.09. The van der Waals surface area contributed by atoms with Gasteiger partial charge in [-0.25, -0.2) is 0 Å². The van der Waals surface area contributed by atoms with Gasteiger partial charge in [0.05, 0.1) is 18.3 Å². The molecule has 0 unspecified atom stereocenters. The second-order valence-electron chi connectivity index (χ2n) is 2.49. The molecule has 0 radical (unpaired) electrons. The van der Waals surface area contributed by atoms with Crippen LogP contribution in [0.5, 0.6) is 0 Å². The molecule has 0 saturated carbocycles. The number of aromatic nitrogens is 1.